The van der Waals surface area contributed by atoms with Gasteiger partial charge in [0, 0.05) is 37.0 Å². The van der Waals surface area contributed by atoms with E-state index in [0.717, 1.165) is 47.8 Å². The van der Waals surface area contributed by atoms with Gasteiger partial charge in [-0.1, -0.05) is 18.5 Å². The number of esters is 1. The molecule has 2 aromatic rings. The van der Waals surface area contributed by atoms with Gasteiger partial charge in [-0.25, -0.2) is 13.2 Å². The molecule has 0 aromatic carbocycles. The first-order chi connectivity index (χ1) is 16.2. The lowest BCUT2D eigenvalue weighted by atomic mass is 9.97. The smallest absolute Gasteiger partial charge is 0.341 e. The van der Waals surface area contributed by atoms with Gasteiger partial charge in [-0.05, 0) is 50.4 Å². The summed E-state index contributed by atoms with van der Waals surface area (Å²) in [6.45, 7) is 7.18. The molecule has 186 valence electrons. The summed E-state index contributed by atoms with van der Waals surface area (Å²) in [7, 11) is -3.61. The van der Waals surface area contributed by atoms with Crippen molar-refractivity contribution >= 4 is 61.2 Å². The van der Waals surface area contributed by atoms with E-state index in [1.807, 2.05) is 0 Å². The molecule has 34 heavy (non-hydrogen) atoms. The summed E-state index contributed by atoms with van der Waals surface area (Å²) in [5, 5.41) is 3.51. The number of anilines is 1. The molecule has 1 saturated heterocycles. The Bertz CT molecular complexity index is 1170. The first kappa shape index (κ1) is 25.6. The first-order valence-corrected chi connectivity index (χ1v) is 14.8. The Labute approximate surface area is 212 Å². The van der Waals surface area contributed by atoms with E-state index in [2.05, 4.69) is 17.1 Å². The predicted octanol–water partition coefficient (Wildman–Crippen LogP) is 4.06. The number of amides is 1. The Morgan fingerprint density at radius 2 is 1.91 bits per heavy atom. The largest absolute Gasteiger partial charge is 0.462 e. The van der Waals surface area contributed by atoms with Crippen molar-refractivity contribution in [3.63, 3.8) is 0 Å². The Morgan fingerprint density at radius 1 is 1.18 bits per heavy atom. The molecule has 4 heterocycles. The lowest BCUT2D eigenvalue weighted by Crippen LogP contribution is -2.41. The fourth-order valence-corrected chi connectivity index (χ4v) is 8.76. The molecule has 4 rings (SSSR count). The van der Waals surface area contributed by atoms with Crippen molar-refractivity contribution in [1.29, 1.82) is 0 Å². The van der Waals surface area contributed by atoms with E-state index in [1.165, 1.54) is 21.7 Å². The van der Waals surface area contributed by atoms with Crippen molar-refractivity contribution in [2.75, 3.05) is 38.1 Å². The standard InChI is InChI=1S/C22H28ClN3O5S3/c1-3-25-10-9-15-16(13-25)32-21(19(15)22(28)31-4-2)24-20(27)14-7-11-26(12-8-14)34(29,30)18-6-5-17(23)33-18/h5-6,14H,3-4,7-13H2,1-2H3,(H,24,27). The molecule has 2 aliphatic rings. The Morgan fingerprint density at radius 3 is 2.53 bits per heavy atom. The van der Waals surface area contributed by atoms with Crippen LogP contribution in [0.4, 0.5) is 5.00 Å². The van der Waals surface area contributed by atoms with Crippen LogP contribution >= 0.6 is 34.3 Å². The second-order valence-corrected chi connectivity index (χ2v) is 13.3. The average molecular weight is 546 g/mol. The number of carbonyl (C=O) groups excluding carboxylic acids is 2. The number of hydrogen-bond donors (Lipinski definition) is 1. The number of likely N-dealkylation sites (N-methyl/N-ethyl adjacent to an activating group) is 1. The molecular formula is C22H28ClN3O5S3. The summed E-state index contributed by atoms with van der Waals surface area (Å²) in [6.07, 6.45) is 1.56. The van der Waals surface area contributed by atoms with E-state index in [4.69, 9.17) is 16.3 Å². The Hall–Kier alpha value is -1.50. The van der Waals surface area contributed by atoms with Crippen LogP contribution in [0.15, 0.2) is 16.3 Å². The van der Waals surface area contributed by atoms with E-state index in [1.54, 1.807) is 13.0 Å². The molecule has 8 nitrogen and oxygen atoms in total. The summed E-state index contributed by atoms with van der Waals surface area (Å²) in [5.41, 5.74) is 1.44. The zero-order valence-electron chi connectivity index (χ0n) is 19.1. The van der Waals surface area contributed by atoms with Gasteiger partial charge < -0.3 is 10.1 Å². The number of rotatable bonds is 7. The predicted molar refractivity (Wildman–Crippen MR) is 134 cm³/mol. The van der Waals surface area contributed by atoms with Crippen molar-refractivity contribution in [3.8, 4) is 0 Å². The van der Waals surface area contributed by atoms with Gasteiger partial charge in [0.25, 0.3) is 10.0 Å². The summed E-state index contributed by atoms with van der Waals surface area (Å²) in [6, 6.07) is 3.08. The first-order valence-electron chi connectivity index (χ1n) is 11.3. The maximum atomic E-state index is 13.1. The number of piperidine rings is 1. The average Bonchev–Trinajstić information content (AvgIpc) is 3.42. The Kier molecular flexibility index (Phi) is 8.00. The summed E-state index contributed by atoms with van der Waals surface area (Å²) >= 11 is 8.37. The number of fused-ring (bicyclic) bond motifs is 1. The third-order valence-corrected chi connectivity index (χ3v) is 11.0. The van der Waals surface area contributed by atoms with Gasteiger partial charge in [-0.3, -0.25) is 9.69 Å². The highest BCUT2D eigenvalue weighted by molar-refractivity contribution is 7.91. The quantitative estimate of drug-likeness (QED) is 0.527. The van der Waals surface area contributed by atoms with Gasteiger partial charge in [0.2, 0.25) is 5.91 Å². The number of hydrogen-bond acceptors (Lipinski definition) is 8. The third-order valence-electron chi connectivity index (χ3n) is 6.27. The van der Waals surface area contributed by atoms with Crippen LogP contribution in [-0.2, 0) is 32.5 Å². The topological polar surface area (TPSA) is 96.0 Å². The zero-order valence-corrected chi connectivity index (χ0v) is 22.3. The minimum atomic E-state index is -3.61. The van der Waals surface area contributed by atoms with Crippen molar-refractivity contribution < 1.29 is 22.7 Å². The second-order valence-electron chi connectivity index (χ2n) is 8.27. The van der Waals surface area contributed by atoms with Gasteiger partial charge in [0.1, 0.15) is 9.21 Å². The normalized spacial score (nSPS) is 18.0. The molecule has 2 aliphatic heterocycles. The van der Waals surface area contributed by atoms with Crippen LogP contribution in [0.5, 0.6) is 0 Å². The van der Waals surface area contributed by atoms with Crippen molar-refractivity contribution in [2.45, 2.75) is 43.9 Å². The van der Waals surface area contributed by atoms with Gasteiger partial charge >= 0.3 is 5.97 Å². The number of nitrogens with one attached hydrogen (secondary N) is 1. The van der Waals surface area contributed by atoms with Crippen molar-refractivity contribution in [1.82, 2.24) is 9.21 Å². The number of thiophene rings is 2. The number of halogens is 1. The van der Waals surface area contributed by atoms with E-state index < -0.39 is 16.0 Å². The molecular weight excluding hydrogens is 518 g/mol. The molecule has 0 atom stereocenters. The highest BCUT2D eigenvalue weighted by atomic mass is 35.5. The van der Waals surface area contributed by atoms with Crippen LogP contribution in [0.3, 0.4) is 0 Å². The monoisotopic (exact) mass is 545 g/mol. The molecule has 1 N–H and O–H groups in total. The maximum absolute atomic E-state index is 13.1. The fraction of sp³-hybridized carbons (Fsp3) is 0.545. The molecule has 0 unspecified atom stereocenters. The zero-order chi connectivity index (χ0) is 24.5. The molecule has 0 saturated carbocycles. The molecule has 2 aromatic heterocycles. The highest BCUT2D eigenvalue weighted by Crippen LogP contribution is 2.38. The van der Waals surface area contributed by atoms with Crippen LogP contribution in [0.1, 0.15) is 47.5 Å². The fourth-order valence-electron chi connectivity index (χ4n) is 4.37. The summed E-state index contributed by atoms with van der Waals surface area (Å²) < 4.78 is 33.0. The van der Waals surface area contributed by atoms with Gasteiger partial charge in [-0.2, -0.15) is 4.31 Å². The minimum Gasteiger partial charge on any atom is -0.462 e. The van der Waals surface area contributed by atoms with Crippen LogP contribution in [0.25, 0.3) is 0 Å². The number of nitrogens with zero attached hydrogens (tertiary/aromatic N) is 2. The summed E-state index contributed by atoms with van der Waals surface area (Å²) in [4.78, 5) is 29.2. The van der Waals surface area contributed by atoms with E-state index >= 15 is 0 Å². The van der Waals surface area contributed by atoms with Gasteiger partial charge in [-0.15, -0.1) is 22.7 Å². The lowest BCUT2D eigenvalue weighted by molar-refractivity contribution is -0.120. The van der Waals surface area contributed by atoms with E-state index in [-0.39, 0.29) is 35.7 Å². The Balaban J connectivity index is 1.46. The lowest BCUT2D eigenvalue weighted by Gasteiger charge is -2.30. The molecule has 0 spiro atoms. The SMILES string of the molecule is CCOC(=O)c1c(NC(=O)C2CCN(S(=O)(=O)c3ccc(Cl)s3)CC2)sc2c1CCN(CC)C2. The third kappa shape index (κ3) is 5.19. The van der Waals surface area contributed by atoms with Crippen LogP contribution < -0.4 is 5.32 Å². The number of sulfonamides is 1. The second kappa shape index (κ2) is 10.6. The highest BCUT2D eigenvalue weighted by Gasteiger charge is 2.34. The minimum absolute atomic E-state index is 0.187. The molecule has 0 aliphatic carbocycles. The molecule has 1 amide bonds. The molecule has 0 radical (unpaired) electrons. The maximum Gasteiger partial charge on any atom is 0.341 e. The van der Waals surface area contributed by atoms with Crippen LogP contribution in [0.2, 0.25) is 4.34 Å². The van der Waals surface area contributed by atoms with Crippen molar-refractivity contribution in [3.05, 3.63) is 32.5 Å². The molecule has 0 bridgehead atoms. The molecule has 1 fully saturated rings. The number of ether oxygens (including phenoxy) is 1. The summed E-state index contributed by atoms with van der Waals surface area (Å²) in [5.74, 6) is -0.928. The van der Waals surface area contributed by atoms with E-state index in [0.29, 0.717) is 27.7 Å². The number of carbonyl (C=O) groups is 2. The van der Waals surface area contributed by atoms with Crippen LogP contribution in [-0.4, -0.2) is 62.3 Å². The van der Waals surface area contributed by atoms with Crippen molar-refractivity contribution in [2.24, 2.45) is 5.92 Å². The van der Waals surface area contributed by atoms with Gasteiger partial charge in [0.15, 0.2) is 0 Å². The molecule has 12 heteroatoms. The van der Waals surface area contributed by atoms with E-state index in [9.17, 15) is 18.0 Å². The van der Waals surface area contributed by atoms with Gasteiger partial charge in [0.05, 0.1) is 16.5 Å². The van der Waals surface area contributed by atoms with Crippen LogP contribution in [0, 0.1) is 5.92 Å².